The Kier molecular flexibility index (Phi) is 6.30. The molecular formula is C14H20BrClN2O2. The normalized spacial score (nSPS) is 21.8. The van der Waals surface area contributed by atoms with Crippen LogP contribution in [-0.2, 0) is 4.79 Å². The molecule has 1 fully saturated rings. The lowest BCUT2D eigenvalue weighted by Crippen LogP contribution is -2.54. The van der Waals surface area contributed by atoms with E-state index in [4.69, 9.17) is 4.74 Å². The van der Waals surface area contributed by atoms with Gasteiger partial charge < -0.3 is 15.4 Å². The fourth-order valence-corrected chi connectivity index (χ4v) is 2.80. The van der Waals surface area contributed by atoms with Crippen molar-refractivity contribution in [3.05, 3.63) is 22.7 Å². The maximum Gasteiger partial charge on any atom is 0.244 e. The number of methoxy groups -OCH3 is 1. The molecule has 1 atom stereocenters. The number of benzene rings is 1. The molecule has 1 saturated heterocycles. The van der Waals surface area contributed by atoms with E-state index in [2.05, 4.69) is 26.6 Å². The van der Waals surface area contributed by atoms with Crippen LogP contribution in [0.1, 0.15) is 26.2 Å². The first kappa shape index (κ1) is 17.3. The summed E-state index contributed by atoms with van der Waals surface area (Å²) < 4.78 is 6.00. The van der Waals surface area contributed by atoms with Crippen molar-refractivity contribution in [3.8, 4) is 5.75 Å². The Morgan fingerprint density at radius 2 is 2.20 bits per heavy atom. The zero-order valence-corrected chi connectivity index (χ0v) is 14.1. The molecule has 2 N–H and O–H groups in total. The Labute approximate surface area is 134 Å². The van der Waals surface area contributed by atoms with E-state index in [0.29, 0.717) is 0 Å². The Morgan fingerprint density at radius 1 is 1.45 bits per heavy atom. The number of anilines is 1. The highest BCUT2D eigenvalue weighted by atomic mass is 79.9. The van der Waals surface area contributed by atoms with E-state index in [1.54, 1.807) is 7.11 Å². The molecule has 1 aromatic carbocycles. The Bertz CT molecular complexity index is 476. The second-order valence-electron chi connectivity index (χ2n) is 5.02. The average Bonchev–Trinajstić information content (AvgIpc) is 2.40. The van der Waals surface area contributed by atoms with Crippen LogP contribution in [-0.4, -0.2) is 25.1 Å². The molecule has 1 aliphatic heterocycles. The van der Waals surface area contributed by atoms with Gasteiger partial charge in [-0.1, -0.05) is 0 Å². The standard InChI is InChI=1S/C14H19BrN2O2.ClH/c1-14(7-3-4-8-16-14)13(18)17-10-5-6-12(19-2)11(15)9-10;/h5-6,9,16H,3-4,7-8H2,1-2H3,(H,17,18);1H. The summed E-state index contributed by atoms with van der Waals surface area (Å²) in [4.78, 5) is 12.3. The van der Waals surface area contributed by atoms with E-state index in [-0.39, 0.29) is 18.3 Å². The molecule has 1 unspecified atom stereocenters. The first-order valence-corrected chi connectivity index (χ1v) is 7.24. The van der Waals surface area contributed by atoms with Crippen molar-refractivity contribution < 1.29 is 9.53 Å². The molecule has 0 radical (unpaired) electrons. The number of piperidine rings is 1. The molecule has 0 aliphatic carbocycles. The minimum Gasteiger partial charge on any atom is -0.496 e. The molecule has 4 nitrogen and oxygen atoms in total. The molecule has 0 bridgehead atoms. The Balaban J connectivity index is 0.00000200. The van der Waals surface area contributed by atoms with E-state index in [1.807, 2.05) is 25.1 Å². The highest BCUT2D eigenvalue weighted by molar-refractivity contribution is 9.10. The number of halogens is 2. The molecule has 1 aliphatic rings. The summed E-state index contributed by atoms with van der Waals surface area (Å²) in [5.74, 6) is 0.768. The molecule has 1 amide bonds. The van der Waals surface area contributed by atoms with Gasteiger partial charge in [0.15, 0.2) is 0 Å². The van der Waals surface area contributed by atoms with Crippen molar-refractivity contribution in [2.24, 2.45) is 0 Å². The number of amides is 1. The first-order chi connectivity index (χ1) is 9.05. The summed E-state index contributed by atoms with van der Waals surface area (Å²) in [7, 11) is 1.62. The van der Waals surface area contributed by atoms with Crippen molar-refractivity contribution in [1.82, 2.24) is 5.32 Å². The summed E-state index contributed by atoms with van der Waals surface area (Å²) in [6, 6.07) is 5.52. The predicted octanol–water partition coefficient (Wildman–Crippen LogP) is 3.35. The number of hydrogen-bond acceptors (Lipinski definition) is 3. The van der Waals surface area contributed by atoms with Gasteiger partial charge in [0.2, 0.25) is 5.91 Å². The van der Waals surface area contributed by atoms with Gasteiger partial charge >= 0.3 is 0 Å². The largest absolute Gasteiger partial charge is 0.496 e. The van der Waals surface area contributed by atoms with Crippen LogP contribution in [0.25, 0.3) is 0 Å². The second-order valence-corrected chi connectivity index (χ2v) is 5.87. The van der Waals surface area contributed by atoms with Gasteiger partial charge in [0, 0.05) is 5.69 Å². The molecule has 1 aromatic rings. The van der Waals surface area contributed by atoms with Gasteiger partial charge in [-0.25, -0.2) is 0 Å². The predicted molar refractivity (Wildman–Crippen MR) is 86.8 cm³/mol. The maximum absolute atomic E-state index is 12.3. The van der Waals surface area contributed by atoms with Crippen molar-refractivity contribution >= 4 is 39.9 Å². The molecular weight excluding hydrogens is 344 g/mol. The van der Waals surface area contributed by atoms with Crippen LogP contribution in [0.15, 0.2) is 22.7 Å². The van der Waals surface area contributed by atoms with Gasteiger partial charge in [0.25, 0.3) is 0 Å². The lowest BCUT2D eigenvalue weighted by molar-refractivity contribution is -0.122. The summed E-state index contributed by atoms with van der Waals surface area (Å²) in [5.41, 5.74) is 0.302. The summed E-state index contributed by atoms with van der Waals surface area (Å²) >= 11 is 3.41. The molecule has 0 saturated carbocycles. The Hall–Kier alpha value is -0.780. The van der Waals surface area contributed by atoms with Crippen molar-refractivity contribution in [2.75, 3.05) is 19.0 Å². The molecule has 20 heavy (non-hydrogen) atoms. The molecule has 1 heterocycles. The fourth-order valence-electron chi connectivity index (χ4n) is 2.26. The molecule has 2 rings (SSSR count). The third kappa shape index (κ3) is 3.87. The van der Waals surface area contributed by atoms with Gasteiger partial charge in [-0.2, -0.15) is 0 Å². The third-order valence-electron chi connectivity index (χ3n) is 3.53. The van der Waals surface area contributed by atoms with Crippen molar-refractivity contribution in [2.45, 2.75) is 31.7 Å². The zero-order valence-electron chi connectivity index (χ0n) is 11.7. The van der Waals surface area contributed by atoms with Crippen molar-refractivity contribution in [1.29, 1.82) is 0 Å². The van der Waals surface area contributed by atoms with Gasteiger partial charge in [-0.3, -0.25) is 4.79 Å². The van der Waals surface area contributed by atoms with E-state index in [0.717, 1.165) is 41.7 Å². The maximum atomic E-state index is 12.3. The minimum atomic E-state index is -0.468. The number of hydrogen-bond donors (Lipinski definition) is 2. The number of carbonyl (C=O) groups is 1. The topological polar surface area (TPSA) is 50.4 Å². The quantitative estimate of drug-likeness (QED) is 0.866. The molecule has 0 spiro atoms. The van der Waals surface area contributed by atoms with Crippen LogP contribution in [0.2, 0.25) is 0 Å². The molecule has 0 aromatic heterocycles. The average molecular weight is 364 g/mol. The van der Waals surface area contributed by atoms with Crippen LogP contribution in [0.5, 0.6) is 5.75 Å². The second kappa shape index (κ2) is 7.29. The number of ether oxygens (including phenoxy) is 1. The molecule has 112 valence electrons. The highest BCUT2D eigenvalue weighted by Crippen LogP contribution is 2.28. The van der Waals surface area contributed by atoms with Crippen molar-refractivity contribution in [3.63, 3.8) is 0 Å². The van der Waals surface area contributed by atoms with Crippen LogP contribution >= 0.6 is 28.3 Å². The SMILES string of the molecule is COc1ccc(NC(=O)C2(C)CCCCN2)cc1Br.Cl. The lowest BCUT2D eigenvalue weighted by Gasteiger charge is -2.33. The van der Waals surface area contributed by atoms with E-state index in [1.165, 1.54) is 0 Å². The third-order valence-corrected chi connectivity index (χ3v) is 4.15. The van der Waals surface area contributed by atoms with Crippen LogP contribution in [0.4, 0.5) is 5.69 Å². The number of nitrogens with one attached hydrogen (secondary N) is 2. The van der Waals surface area contributed by atoms with Crippen LogP contribution in [0.3, 0.4) is 0 Å². The summed E-state index contributed by atoms with van der Waals surface area (Å²) in [6.07, 6.45) is 3.09. The highest BCUT2D eigenvalue weighted by Gasteiger charge is 2.34. The van der Waals surface area contributed by atoms with E-state index in [9.17, 15) is 4.79 Å². The van der Waals surface area contributed by atoms with E-state index < -0.39 is 5.54 Å². The summed E-state index contributed by atoms with van der Waals surface area (Å²) in [5, 5.41) is 6.26. The molecule has 6 heteroatoms. The monoisotopic (exact) mass is 362 g/mol. The fraction of sp³-hybridized carbons (Fsp3) is 0.500. The van der Waals surface area contributed by atoms with Gasteiger partial charge in [-0.15, -0.1) is 12.4 Å². The first-order valence-electron chi connectivity index (χ1n) is 6.45. The smallest absolute Gasteiger partial charge is 0.244 e. The summed E-state index contributed by atoms with van der Waals surface area (Å²) in [6.45, 7) is 2.86. The van der Waals surface area contributed by atoms with Gasteiger partial charge in [-0.05, 0) is 66.9 Å². The van der Waals surface area contributed by atoms with Crippen LogP contribution in [0, 0.1) is 0 Å². The van der Waals surface area contributed by atoms with E-state index >= 15 is 0 Å². The van der Waals surface area contributed by atoms with Gasteiger partial charge in [0.1, 0.15) is 5.75 Å². The van der Waals surface area contributed by atoms with Gasteiger partial charge in [0.05, 0.1) is 17.1 Å². The number of carbonyl (C=O) groups excluding carboxylic acids is 1. The zero-order chi connectivity index (χ0) is 13.9. The van der Waals surface area contributed by atoms with Crippen LogP contribution < -0.4 is 15.4 Å². The minimum absolute atomic E-state index is 0. The Morgan fingerprint density at radius 3 is 2.75 bits per heavy atom. The lowest BCUT2D eigenvalue weighted by atomic mass is 9.90. The number of rotatable bonds is 3.